The van der Waals surface area contributed by atoms with Crippen LogP contribution in [0.15, 0.2) is 6.20 Å². The summed E-state index contributed by atoms with van der Waals surface area (Å²) in [7, 11) is 1.90. The molecule has 5 nitrogen and oxygen atoms in total. The average Bonchev–Trinajstić information content (AvgIpc) is 2.59. The van der Waals surface area contributed by atoms with E-state index in [4.69, 9.17) is 0 Å². The first-order valence-corrected chi connectivity index (χ1v) is 6.63. The molecule has 1 aliphatic rings. The predicted octanol–water partition coefficient (Wildman–Crippen LogP) is 0.781. The number of nitrogens with zero attached hydrogens (tertiary/aromatic N) is 4. The Balaban J connectivity index is 1.59. The average molecular weight is 237 g/mol. The van der Waals surface area contributed by atoms with Crippen molar-refractivity contribution in [1.82, 2.24) is 25.2 Å². The Kier molecular flexibility index (Phi) is 4.94. The summed E-state index contributed by atoms with van der Waals surface area (Å²) in [6.07, 6.45) is 7.50. The van der Waals surface area contributed by atoms with Gasteiger partial charge in [0.25, 0.3) is 0 Å². The van der Waals surface area contributed by atoms with Gasteiger partial charge in [0.15, 0.2) is 0 Å². The molecule has 1 aliphatic heterocycles. The van der Waals surface area contributed by atoms with Gasteiger partial charge in [0.2, 0.25) is 0 Å². The van der Waals surface area contributed by atoms with Crippen molar-refractivity contribution >= 4 is 0 Å². The molecule has 1 aromatic heterocycles. The van der Waals surface area contributed by atoms with Crippen molar-refractivity contribution < 1.29 is 0 Å². The highest BCUT2D eigenvalue weighted by molar-refractivity contribution is 4.90. The maximum Gasteiger partial charge on any atom is 0.0964 e. The summed E-state index contributed by atoms with van der Waals surface area (Å²) in [5.74, 6) is 0. The molecule has 1 aromatic rings. The van der Waals surface area contributed by atoms with Crippen molar-refractivity contribution in [1.29, 1.82) is 0 Å². The van der Waals surface area contributed by atoms with Crippen LogP contribution < -0.4 is 5.32 Å². The number of aromatic nitrogens is 3. The Labute approximate surface area is 103 Å². The Morgan fingerprint density at radius 1 is 1.24 bits per heavy atom. The minimum absolute atomic E-state index is 0.821. The van der Waals surface area contributed by atoms with Gasteiger partial charge in [-0.3, -0.25) is 4.68 Å². The third kappa shape index (κ3) is 4.44. The molecule has 0 unspecified atom stereocenters. The molecule has 0 atom stereocenters. The highest BCUT2D eigenvalue weighted by Gasteiger charge is 2.07. The van der Waals surface area contributed by atoms with Crippen LogP contribution in [0.5, 0.6) is 0 Å². The number of rotatable bonds is 5. The van der Waals surface area contributed by atoms with Gasteiger partial charge in [-0.05, 0) is 25.9 Å². The molecular weight excluding hydrogens is 214 g/mol. The third-order valence-corrected chi connectivity index (χ3v) is 3.26. The molecule has 0 amide bonds. The summed E-state index contributed by atoms with van der Waals surface area (Å²) in [5.41, 5.74) is 1.02. The van der Waals surface area contributed by atoms with Crippen LogP contribution >= 0.6 is 0 Å². The first-order chi connectivity index (χ1) is 8.34. The van der Waals surface area contributed by atoms with Crippen LogP contribution in [0, 0.1) is 0 Å². The highest BCUT2D eigenvalue weighted by Crippen LogP contribution is 2.08. The van der Waals surface area contributed by atoms with E-state index in [1.807, 2.05) is 13.2 Å². The van der Waals surface area contributed by atoms with Gasteiger partial charge in [0.1, 0.15) is 0 Å². The maximum atomic E-state index is 4.05. The molecule has 0 aromatic carbocycles. The molecule has 5 heteroatoms. The Morgan fingerprint density at radius 2 is 2.00 bits per heavy atom. The zero-order valence-corrected chi connectivity index (χ0v) is 10.7. The zero-order chi connectivity index (χ0) is 11.9. The minimum Gasteiger partial charge on any atom is -0.310 e. The molecule has 2 heterocycles. The molecule has 1 saturated heterocycles. The van der Waals surface area contributed by atoms with Gasteiger partial charge in [0.05, 0.1) is 5.69 Å². The zero-order valence-electron chi connectivity index (χ0n) is 10.7. The fraction of sp³-hybridized carbons (Fsp3) is 0.833. The second-order valence-corrected chi connectivity index (χ2v) is 4.82. The second-order valence-electron chi connectivity index (χ2n) is 4.82. The number of likely N-dealkylation sites (tertiary alicyclic amines) is 1. The number of aryl methyl sites for hydroxylation is 1. The topological polar surface area (TPSA) is 46.0 Å². The van der Waals surface area contributed by atoms with Crippen LogP contribution in [0.3, 0.4) is 0 Å². The van der Waals surface area contributed by atoms with Gasteiger partial charge in [-0.25, -0.2) is 0 Å². The molecule has 0 bridgehead atoms. The van der Waals surface area contributed by atoms with E-state index in [1.54, 1.807) is 4.68 Å². The van der Waals surface area contributed by atoms with Gasteiger partial charge >= 0.3 is 0 Å². The number of hydrogen-bond donors (Lipinski definition) is 1. The SMILES string of the molecule is Cn1cc(CNCCN2CCCCCC2)nn1. The second kappa shape index (κ2) is 6.71. The molecule has 2 rings (SSSR count). The third-order valence-electron chi connectivity index (χ3n) is 3.26. The number of nitrogens with one attached hydrogen (secondary N) is 1. The minimum atomic E-state index is 0.821. The quantitative estimate of drug-likeness (QED) is 0.769. The van der Waals surface area contributed by atoms with Crippen LogP contribution in [0.4, 0.5) is 0 Å². The molecule has 0 spiro atoms. The Hall–Kier alpha value is -0.940. The van der Waals surface area contributed by atoms with Crippen LogP contribution in [-0.4, -0.2) is 46.1 Å². The van der Waals surface area contributed by atoms with E-state index in [2.05, 4.69) is 20.5 Å². The first-order valence-electron chi connectivity index (χ1n) is 6.63. The molecule has 0 saturated carbocycles. The molecule has 96 valence electrons. The van der Waals surface area contributed by atoms with Crippen LogP contribution in [-0.2, 0) is 13.6 Å². The smallest absolute Gasteiger partial charge is 0.0964 e. The van der Waals surface area contributed by atoms with Gasteiger partial charge < -0.3 is 10.2 Å². The van der Waals surface area contributed by atoms with E-state index >= 15 is 0 Å². The summed E-state index contributed by atoms with van der Waals surface area (Å²) < 4.78 is 1.74. The molecule has 1 N–H and O–H groups in total. The van der Waals surface area contributed by atoms with E-state index in [-0.39, 0.29) is 0 Å². The summed E-state index contributed by atoms with van der Waals surface area (Å²) in [6, 6.07) is 0. The lowest BCUT2D eigenvalue weighted by Gasteiger charge is -2.19. The van der Waals surface area contributed by atoms with Crippen LogP contribution in [0.25, 0.3) is 0 Å². The summed E-state index contributed by atoms with van der Waals surface area (Å²) in [4.78, 5) is 2.57. The fourth-order valence-corrected chi connectivity index (χ4v) is 2.29. The molecular formula is C12H23N5. The van der Waals surface area contributed by atoms with Crippen molar-refractivity contribution in [2.24, 2.45) is 7.05 Å². The summed E-state index contributed by atoms with van der Waals surface area (Å²) in [5, 5.41) is 11.4. The Bertz CT molecular complexity index is 314. The molecule has 1 fully saturated rings. The maximum absolute atomic E-state index is 4.05. The van der Waals surface area contributed by atoms with Crippen LogP contribution in [0.2, 0.25) is 0 Å². The van der Waals surface area contributed by atoms with Gasteiger partial charge in [0, 0.05) is 32.9 Å². The van der Waals surface area contributed by atoms with Gasteiger partial charge in [-0.1, -0.05) is 18.1 Å². The van der Waals surface area contributed by atoms with Crippen molar-refractivity contribution in [3.05, 3.63) is 11.9 Å². The largest absolute Gasteiger partial charge is 0.310 e. The lowest BCUT2D eigenvalue weighted by molar-refractivity contribution is 0.284. The van der Waals surface area contributed by atoms with Crippen molar-refractivity contribution in [2.75, 3.05) is 26.2 Å². The monoisotopic (exact) mass is 237 g/mol. The van der Waals surface area contributed by atoms with Crippen LogP contribution in [0.1, 0.15) is 31.4 Å². The predicted molar refractivity (Wildman–Crippen MR) is 67.6 cm³/mol. The van der Waals surface area contributed by atoms with E-state index in [0.29, 0.717) is 0 Å². The normalized spacial score (nSPS) is 18.2. The van der Waals surface area contributed by atoms with Crippen molar-refractivity contribution in [3.8, 4) is 0 Å². The highest BCUT2D eigenvalue weighted by atomic mass is 15.4. The van der Waals surface area contributed by atoms with Crippen molar-refractivity contribution in [2.45, 2.75) is 32.2 Å². The Morgan fingerprint density at radius 3 is 2.65 bits per heavy atom. The van der Waals surface area contributed by atoms with E-state index in [1.165, 1.54) is 38.8 Å². The van der Waals surface area contributed by atoms with E-state index in [9.17, 15) is 0 Å². The first kappa shape index (κ1) is 12.5. The molecule has 0 radical (unpaired) electrons. The fourth-order valence-electron chi connectivity index (χ4n) is 2.29. The molecule has 0 aliphatic carbocycles. The standard InChI is InChI=1S/C12H23N5/c1-16-11-12(14-15-16)10-13-6-9-17-7-4-2-3-5-8-17/h11,13H,2-10H2,1H3. The van der Waals surface area contributed by atoms with Gasteiger partial charge in [-0.15, -0.1) is 5.10 Å². The van der Waals surface area contributed by atoms with Gasteiger partial charge in [-0.2, -0.15) is 0 Å². The number of hydrogen-bond acceptors (Lipinski definition) is 4. The van der Waals surface area contributed by atoms with Crippen molar-refractivity contribution in [3.63, 3.8) is 0 Å². The summed E-state index contributed by atoms with van der Waals surface area (Å²) >= 11 is 0. The lowest BCUT2D eigenvalue weighted by atomic mass is 10.2. The lowest BCUT2D eigenvalue weighted by Crippen LogP contribution is -2.32. The summed E-state index contributed by atoms with van der Waals surface area (Å²) in [6.45, 7) is 5.55. The molecule has 17 heavy (non-hydrogen) atoms. The van der Waals surface area contributed by atoms with E-state index in [0.717, 1.165) is 25.3 Å². The van der Waals surface area contributed by atoms with E-state index < -0.39 is 0 Å².